The van der Waals surface area contributed by atoms with Crippen LogP contribution in [0.5, 0.6) is 5.75 Å². The van der Waals surface area contributed by atoms with Gasteiger partial charge in [0.25, 0.3) is 0 Å². The molecule has 0 bridgehead atoms. The van der Waals surface area contributed by atoms with Gasteiger partial charge in [0.15, 0.2) is 5.82 Å². The third-order valence-corrected chi connectivity index (χ3v) is 3.59. The molecule has 8 nitrogen and oxygen atoms in total. The molecule has 0 aliphatic heterocycles. The van der Waals surface area contributed by atoms with Gasteiger partial charge in [-0.3, -0.25) is 4.79 Å². The summed E-state index contributed by atoms with van der Waals surface area (Å²) in [5.74, 6) is 1.37. The van der Waals surface area contributed by atoms with Crippen LogP contribution < -0.4 is 10.1 Å². The number of benzene rings is 1. The van der Waals surface area contributed by atoms with E-state index in [2.05, 4.69) is 20.8 Å². The molecule has 0 saturated carbocycles. The van der Waals surface area contributed by atoms with Gasteiger partial charge >= 0.3 is 0 Å². The molecule has 0 radical (unpaired) electrons. The first kappa shape index (κ1) is 16.7. The second-order valence-corrected chi connectivity index (χ2v) is 4.94. The van der Waals surface area contributed by atoms with Crippen LogP contribution in [0, 0.1) is 6.92 Å². The van der Waals surface area contributed by atoms with Crippen LogP contribution in [0.4, 0.5) is 5.69 Å². The lowest BCUT2D eigenvalue weighted by atomic mass is 10.2. The van der Waals surface area contributed by atoms with Gasteiger partial charge in [-0.15, -0.1) is 5.10 Å². The van der Waals surface area contributed by atoms with Crippen LogP contribution in [0.15, 0.2) is 18.2 Å². The molecule has 1 aromatic carbocycles. The highest BCUT2D eigenvalue weighted by Gasteiger charge is 2.13. The van der Waals surface area contributed by atoms with Crippen LogP contribution in [0.1, 0.15) is 19.7 Å². The first-order valence-electron chi connectivity index (χ1n) is 7.55. The van der Waals surface area contributed by atoms with Gasteiger partial charge in [-0.05, 0) is 49.4 Å². The molecule has 8 heteroatoms. The van der Waals surface area contributed by atoms with Crippen molar-refractivity contribution in [1.29, 1.82) is 0 Å². The van der Waals surface area contributed by atoms with Crippen molar-refractivity contribution >= 4 is 11.6 Å². The average Bonchev–Trinajstić information content (AvgIpc) is 2.99. The minimum Gasteiger partial charge on any atom is -0.494 e. The van der Waals surface area contributed by atoms with E-state index in [0.717, 1.165) is 11.4 Å². The van der Waals surface area contributed by atoms with Crippen molar-refractivity contribution in [3.8, 4) is 11.4 Å². The molecule has 0 aliphatic rings. The number of aryl methyl sites for hydroxylation is 1. The normalized spacial score (nSPS) is 10.4. The summed E-state index contributed by atoms with van der Waals surface area (Å²) < 4.78 is 6.95. The number of tetrazole rings is 1. The van der Waals surface area contributed by atoms with Crippen molar-refractivity contribution in [3.63, 3.8) is 0 Å². The smallest absolute Gasteiger partial charge is 0.241 e. The number of anilines is 1. The lowest BCUT2D eigenvalue weighted by Gasteiger charge is -2.19. The van der Waals surface area contributed by atoms with Crippen molar-refractivity contribution in [2.24, 2.45) is 0 Å². The number of carbonyl (C=O) groups excluding carboxylic acids is 1. The zero-order valence-electron chi connectivity index (χ0n) is 13.9. The number of amides is 1. The number of nitrogens with zero attached hydrogens (tertiary/aromatic N) is 5. The summed E-state index contributed by atoms with van der Waals surface area (Å²) in [6.07, 6.45) is 0. The summed E-state index contributed by atoms with van der Waals surface area (Å²) in [5.41, 5.74) is 1.52. The molecule has 1 heterocycles. The molecule has 2 rings (SSSR count). The number of hydrogen-bond donors (Lipinski definition) is 1. The van der Waals surface area contributed by atoms with Gasteiger partial charge in [-0.1, -0.05) is 0 Å². The second kappa shape index (κ2) is 7.57. The predicted molar refractivity (Wildman–Crippen MR) is 86.9 cm³/mol. The van der Waals surface area contributed by atoms with Crippen LogP contribution in [0.2, 0.25) is 0 Å². The third-order valence-electron chi connectivity index (χ3n) is 3.59. The molecular weight excluding hydrogens is 296 g/mol. The van der Waals surface area contributed by atoms with Crippen molar-refractivity contribution < 1.29 is 9.53 Å². The summed E-state index contributed by atoms with van der Waals surface area (Å²) >= 11 is 0. The SMILES string of the molecule is CCN(CC)C(=O)CNc1ccc(OC)c(-n2nnnc2C)c1. The van der Waals surface area contributed by atoms with E-state index in [0.29, 0.717) is 24.7 Å². The fraction of sp³-hybridized carbons (Fsp3) is 0.467. The molecular formula is C15H22N6O2. The van der Waals surface area contributed by atoms with Crippen molar-refractivity contribution in [2.45, 2.75) is 20.8 Å². The summed E-state index contributed by atoms with van der Waals surface area (Å²) in [5, 5.41) is 14.6. The minimum atomic E-state index is 0.0611. The molecule has 0 fully saturated rings. The zero-order valence-corrected chi connectivity index (χ0v) is 13.9. The molecule has 0 aliphatic carbocycles. The van der Waals surface area contributed by atoms with E-state index in [-0.39, 0.29) is 12.5 Å². The topological polar surface area (TPSA) is 85.2 Å². The number of methoxy groups -OCH3 is 1. The lowest BCUT2D eigenvalue weighted by Crippen LogP contribution is -2.35. The van der Waals surface area contributed by atoms with Gasteiger partial charge < -0.3 is 15.0 Å². The highest BCUT2D eigenvalue weighted by molar-refractivity contribution is 5.81. The van der Waals surface area contributed by atoms with Gasteiger partial charge in [-0.2, -0.15) is 4.68 Å². The molecule has 0 spiro atoms. The second-order valence-electron chi connectivity index (χ2n) is 4.94. The monoisotopic (exact) mass is 318 g/mol. The number of likely N-dealkylation sites (N-methyl/N-ethyl adjacent to an activating group) is 1. The highest BCUT2D eigenvalue weighted by atomic mass is 16.5. The van der Waals surface area contributed by atoms with Crippen molar-refractivity contribution in [2.75, 3.05) is 32.1 Å². The molecule has 1 N–H and O–H groups in total. The van der Waals surface area contributed by atoms with Gasteiger partial charge in [-0.25, -0.2) is 0 Å². The Hall–Kier alpha value is -2.64. The number of ether oxygens (including phenoxy) is 1. The minimum absolute atomic E-state index is 0.0611. The molecule has 2 aromatic rings. The fourth-order valence-electron chi connectivity index (χ4n) is 2.29. The Bertz CT molecular complexity index is 666. The van der Waals surface area contributed by atoms with E-state index < -0.39 is 0 Å². The Kier molecular flexibility index (Phi) is 5.51. The summed E-state index contributed by atoms with van der Waals surface area (Å²) in [6.45, 7) is 7.38. The lowest BCUT2D eigenvalue weighted by molar-refractivity contribution is -0.128. The summed E-state index contributed by atoms with van der Waals surface area (Å²) in [6, 6.07) is 5.54. The Morgan fingerprint density at radius 3 is 2.65 bits per heavy atom. The van der Waals surface area contributed by atoms with Crippen LogP contribution in [-0.4, -0.2) is 57.8 Å². The van der Waals surface area contributed by atoms with E-state index >= 15 is 0 Å². The number of rotatable bonds is 7. The number of aromatic nitrogens is 4. The molecule has 23 heavy (non-hydrogen) atoms. The van der Waals surface area contributed by atoms with Gasteiger partial charge in [0, 0.05) is 18.8 Å². The Morgan fingerprint density at radius 2 is 2.09 bits per heavy atom. The third kappa shape index (κ3) is 3.77. The van der Waals surface area contributed by atoms with Crippen LogP contribution in [0.25, 0.3) is 5.69 Å². The van der Waals surface area contributed by atoms with Crippen molar-refractivity contribution in [1.82, 2.24) is 25.1 Å². The van der Waals surface area contributed by atoms with E-state index in [1.54, 1.807) is 16.7 Å². The number of nitrogens with one attached hydrogen (secondary N) is 1. The molecule has 0 atom stereocenters. The standard InChI is InChI=1S/C15H22N6O2/c1-5-20(6-2)15(22)10-16-12-7-8-14(23-4)13(9-12)21-11(3)17-18-19-21/h7-9,16H,5-6,10H2,1-4H3. The van der Waals surface area contributed by atoms with Crippen LogP contribution >= 0.6 is 0 Å². The largest absolute Gasteiger partial charge is 0.494 e. The first-order valence-corrected chi connectivity index (χ1v) is 7.55. The number of hydrogen-bond acceptors (Lipinski definition) is 6. The molecule has 0 unspecified atom stereocenters. The average molecular weight is 318 g/mol. The van der Waals surface area contributed by atoms with E-state index in [1.807, 2.05) is 39.0 Å². The maximum Gasteiger partial charge on any atom is 0.241 e. The first-order chi connectivity index (χ1) is 11.1. The maximum absolute atomic E-state index is 12.1. The Labute approximate surface area is 135 Å². The summed E-state index contributed by atoms with van der Waals surface area (Å²) in [7, 11) is 1.59. The quantitative estimate of drug-likeness (QED) is 0.827. The van der Waals surface area contributed by atoms with Crippen molar-refractivity contribution in [3.05, 3.63) is 24.0 Å². The molecule has 1 aromatic heterocycles. The Balaban J connectivity index is 2.18. The number of carbonyl (C=O) groups is 1. The maximum atomic E-state index is 12.1. The molecule has 0 saturated heterocycles. The van der Waals surface area contributed by atoms with E-state index in [1.165, 1.54) is 0 Å². The van der Waals surface area contributed by atoms with E-state index in [9.17, 15) is 4.79 Å². The Morgan fingerprint density at radius 1 is 1.35 bits per heavy atom. The van der Waals surface area contributed by atoms with Crippen LogP contribution in [-0.2, 0) is 4.79 Å². The van der Waals surface area contributed by atoms with Gasteiger partial charge in [0.2, 0.25) is 5.91 Å². The molecule has 1 amide bonds. The summed E-state index contributed by atoms with van der Waals surface area (Å²) in [4.78, 5) is 13.9. The zero-order chi connectivity index (χ0) is 16.8. The van der Waals surface area contributed by atoms with E-state index in [4.69, 9.17) is 4.74 Å². The van der Waals surface area contributed by atoms with Gasteiger partial charge in [0.05, 0.1) is 13.7 Å². The van der Waals surface area contributed by atoms with Crippen LogP contribution in [0.3, 0.4) is 0 Å². The van der Waals surface area contributed by atoms with Gasteiger partial charge in [0.1, 0.15) is 11.4 Å². The predicted octanol–water partition coefficient (Wildman–Crippen LogP) is 1.26. The molecule has 124 valence electrons. The highest BCUT2D eigenvalue weighted by Crippen LogP contribution is 2.26. The fourth-order valence-corrected chi connectivity index (χ4v) is 2.29.